The van der Waals surface area contributed by atoms with Gasteiger partial charge in [-0.15, -0.1) is 0 Å². The van der Waals surface area contributed by atoms with Crippen molar-refractivity contribution in [2.24, 2.45) is 0 Å². The first-order chi connectivity index (χ1) is 5.29. The number of imidazole rings is 1. The van der Waals surface area contributed by atoms with Gasteiger partial charge in [-0.3, -0.25) is 0 Å². The second kappa shape index (κ2) is 2.06. The second-order valence-corrected chi connectivity index (χ2v) is 2.28. The van der Waals surface area contributed by atoms with Crippen LogP contribution in [0.25, 0.3) is 11.5 Å². The highest BCUT2D eigenvalue weighted by Crippen LogP contribution is 2.21. The fraction of sp³-hybridized carbons (Fsp3) is 0. The van der Waals surface area contributed by atoms with Crippen molar-refractivity contribution in [2.45, 2.75) is 0 Å². The molecule has 56 valence electrons. The van der Waals surface area contributed by atoms with E-state index in [1.807, 2.05) is 0 Å². The van der Waals surface area contributed by atoms with Gasteiger partial charge in [0.2, 0.25) is 0 Å². The minimum absolute atomic E-state index is 0.239. The fourth-order valence-corrected chi connectivity index (χ4v) is 0.972. The first-order valence-corrected chi connectivity index (χ1v) is 3.19. The van der Waals surface area contributed by atoms with E-state index in [4.69, 9.17) is 16.8 Å². The highest BCUT2D eigenvalue weighted by molar-refractivity contribution is 6.31. The average molecular weight is 171 g/mol. The topological polar surface area (TPSA) is 63.8 Å². The van der Waals surface area contributed by atoms with E-state index in [1.54, 1.807) is 0 Å². The molecule has 0 aromatic rings. The molecule has 11 heavy (non-hydrogen) atoms. The van der Waals surface area contributed by atoms with Gasteiger partial charge in [0, 0.05) is 0 Å². The molecule has 1 N–H and O–H groups in total. The summed E-state index contributed by atoms with van der Waals surface area (Å²) in [6.45, 7) is 0. The molecule has 0 unspecified atom stereocenters. The number of hydrogen-bond acceptors (Lipinski definition) is 4. The van der Waals surface area contributed by atoms with Crippen molar-refractivity contribution >= 4 is 11.6 Å². The minimum atomic E-state index is 0.239. The zero-order valence-electron chi connectivity index (χ0n) is 5.27. The number of rotatable bonds is 0. The molecule has 0 amide bonds. The van der Waals surface area contributed by atoms with Crippen molar-refractivity contribution in [3.8, 4) is 11.5 Å². The smallest absolute Gasteiger partial charge is 0.200 e. The van der Waals surface area contributed by atoms with Crippen molar-refractivity contribution in [3.05, 3.63) is 17.8 Å². The summed E-state index contributed by atoms with van der Waals surface area (Å²) in [6.07, 6.45) is 2.48. The van der Waals surface area contributed by atoms with Crippen LogP contribution in [0.3, 0.4) is 0 Å². The number of nitrogens with zero attached hydrogens (tertiary/aromatic N) is 4. The third kappa shape index (κ3) is 0.813. The Bertz CT molecular complexity index is 327. The predicted octanol–water partition coefficient (Wildman–Crippen LogP) is 0.669. The Balaban J connectivity index is 2.82. The summed E-state index contributed by atoms with van der Waals surface area (Å²) < 4.78 is 0.772. The maximum Gasteiger partial charge on any atom is 0.200 e. The van der Waals surface area contributed by atoms with Crippen molar-refractivity contribution < 1.29 is 5.21 Å². The van der Waals surface area contributed by atoms with Crippen LogP contribution in [0.2, 0.25) is 5.15 Å². The summed E-state index contributed by atoms with van der Waals surface area (Å²) in [4.78, 5) is 11.2. The Morgan fingerprint density at radius 1 is 1.36 bits per heavy atom. The molecule has 0 saturated carbocycles. The Hall–Kier alpha value is -1.36. The third-order valence-electron chi connectivity index (χ3n) is 1.27. The van der Waals surface area contributed by atoms with Gasteiger partial charge in [-0.2, -0.15) is 4.73 Å². The molecular weight excluding hydrogens is 168 g/mol. The molecule has 0 bridgehead atoms. The summed E-state index contributed by atoms with van der Waals surface area (Å²) in [5, 5.41) is 9.32. The summed E-state index contributed by atoms with van der Waals surface area (Å²) in [5.41, 5.74) is 0.400. The zero-order valence-corrected chi connectivity index (χ0v) is 6.02. The van der Waals surface area contributed by atoms with Gasteiger partial charge in [0.1, 0.15) is 18.3 Å². The molecule has 0 spiro atoms. The standard InChI is InChI=1S/C5H3ClN4O/c6-4-3-5(8-1-7-3)10(11)2-9-4/h1-2,11H. The van der Waals surface area contributed by atoms with Crippen molar-refractivity contribution in [1.82, 2.24) is 19.7 Å². The van der Waals surface area contributed by atoms with Gasteiger partial charge in [-0.05, 0) is 0 Å². The van der Waals surface area contributed by atoms with Gasteiger partial charge in [-0.1, -0.05) is 11.6 Å². The van der Waals surface area contributed by atoms with Crippen LogP contribution in [0.5, 0.6) is 0 Å². The summed E-state index contributed by atoms with van der Waals surface area (Å²) >= 11 is 5.63. The Labute approximate surface area is 66.6 Å². The van der Waals surface area contributed by atoms with Crippen molar-refractivity contribution in [3.63, 3.8) is 0 Å². The fourth-order valence-electron chi connectivity index (χ4n) is 0.795. The molecule has 0 aliphatic carbocycles. The van der Waals surface area contributed by atoms with Gasteiger partial charge >= 0.3 is 0 Å². The van der Waals surface area contributed by atoms with E-state index >= 15 is 0 Å². The number of halogens is 1. The Kier molecular flexibility index (Phi) is 1.19. The maximum absolute atomic E-state index is 9.08. The lowest BCUT2D eigenvalue weighted by Gasteiger charge is -2.01. The van der Waals surface area contributed by atoms with E-state index in [0.717, 1.165) is 4.73 Å². The van der Waals surface area contributed by atoms with Gasteiger partial charge < -0.3 is 5.21 Å². The van der Waals surface area contributed by atoms with E-state index in [0.29, 0.717) is 11.5 Å². The van der Waals surface area contributed by atoms with Crippen molar-refractivity contribution in [1.29, 1.82) is 0 Å². The van der Waals surface area contributed by atoms with Crippen LogP contribution in [0.1, 0.15) is 0 Å². The predicted molar refractivity (Wildman–Crippen MR) is 36.6 cm³/mol. The minimum Gasteiger partial charge on any atom is -0.425 e. The lowest BCUT2D eigenvalue weighted by molar-refractivity contribution is 0.183. The van der Waals surface area contributed by atoms with Crippen LogP contribution in [-0.2, 0) is 0 Å². The monoisotopic (exact) mass is 170 g/mol. The summed E-state index contributed by atoms with van der Waals surface area (Å²) in [6, 6.07) is 0. The number of aromatic nitrogens is 4. The molecule has 2 heterocycles. The first-order valence-electron chi connectivity index (χ1n) is 2.82. The van der Waals surface area contributed by atoms with Crippen LogP contribution in [0.4, 0.5) is 0 Å². The van der Waals surface area contributed by atoms with Crippen molar-refractivity contribution in [2.75, 3.05) is 0 Å². The molecule has 2 aliphatic rings. The van der Waals surface area contributed by atoms with E-state index in [-0.39, 0.29) is 5.15 Å². The van der Waals surface area contributed by atoms with Crippen LogP contribution < -0.4 is 0 Å². The van der Waals surface area contributed by atoms with Gasteiger partial charge in [0.25, 0.3) is 0 Å². The molecule has 0 atom stereocenters. The second-order valence-electron chi connectivity index (χ2n) is 1.93. The lowest BCUT2D eigenvalue weighted by atomic mass is 10.4. The number of hydrogen-bond donors (Lipinski definition) is 1. The third-order valence-corrected chi connectivity index (χ3v) is 1.55. The molecule has 0 aromatic carbocycles. The van der Waals surface area contributed by atoms with E-state index in [9.17, 15) is 0 Å². The first kappa shape index (κ1) is 6.36. The molecule has 0 saturated heterocycles. The molecule has 0 fully saturated rings. The van der Waals surface area contributed by atoms with E-state index < -0.39 is 0 Å². The van der Waals surface area contributed by atoms with Crippen LogP contribution in [0, 0.1) is 0 Å². The maximum atomic E-state index is 9.08. The molecule has 0 radical (unpaired) electrons. The molecule has 5 nitrogen and oxygen atoms in total. The van der Waals surface area contributed by atoms with E-state index in [1.165, 1.54) is 12.7 Å². The lowest BCUT2D eigenvalue weighted by Crippen LogP contribution is -2.00. The summed E-state index contributed by atoms with van der Waals surface area (Å²) in [7, 11) is 0. The molecule has 2 aliphatic heterocycles. The molecular formula is C5H3ClN4O. The van der Waals surface area contributed by atoms with Gasteiger partial charge in [0.05, 0.1) is 0 Å². The van der Waals surface area contributed by atoms with Gasteiger partial charge in [0.15, 0.2) is 11.0 Å². The van der Waals surface area contributed by atoms with Crippen LogP contribution >= 0.6 is 11.6 Å². The normalized spacial score (nSPS) is 10.6. The van der Waals surface area contributed by atoms with Crippen LogP contribution in [-0.4, -0.2) is 24.9 Å². The zero-order chi connectivity index (χ0) is 7.84. The van der Waals surface area contributed by atoms with E-state index in [2.05, 4.69) is 15.0 Å². The summed E-state index contributed by atoms with van der Waals surface area (Å²) in [5.74, 6) is 0.310. The number of fused-ring (bicyclic) bond motifs is 1. The molecule has 2 rings (SSSR count). The Morgan fingerprint density at radius 2 is 2.18 bits per heavy atom. The van der Waals surface area contributed by atoms with Crippen LogP contribution in [0.15, 0.2) is 12.7 Å². The van der Waals surface area contributed by atoms with Gasteiger partial charge in [-0.25, -0.2) is 15.0 Å². The highest BCUT2D eigenvalue weighted by Gasteiger charge is 2.14. The molecule has 6 heteroatoms. The SMILES string of the molecule is On1cnc(Cl)c2ncnc1-2. The quantitative estimate of drug-likeness (QED) is 0.466. The highest BCUT2D eigenvalue weighted by atomic mass is 35.5. The Morgan fingerprint density at radius 3 is 2.91 bits per heavy atom. The largest absolute Gasteiger partial charge is 0.425 e. The molecule has 0 aromatic heterocycles. The average Bonchev–Trinajstić information content (AvgIpc) is 2.45.